The van der Waals surface area contributed by atoms with Crippen LogP contribution >= 0.6 is 0 Å². The number of ether oxygens (including phenoxy) is 2. The third-order valence-corrected chi connectivity index (χ3v) is 4.68. The molecule has 0 N–H and O–H groups in total. The molecule has 0 aromatic heterocycles. The van der Waals surface area contributed by atoms with Gasteiger partial charge >= 0.3 is 0 Å². The van der Waals surface area contributed by atoms with Crippen LogP contribution in [0.5, 0.6) is 5.75 Å². The normalized spacial score (nSPS) is 19.3. The lowest BCUT2D eigenvalue weighted by molar-refractivity contribution is -0.122. The topological polar surface area (TPSA) is 35.5 Å². The number of allylic oxidation sites excluding steroid dienone is 3. The quantitative estimate of drug-likeness (QED) is 0.666. The maximum atomic E-state index is 13.4. The van der Waals surface area contributed by atoms with Gasteiger partial charge in [0.2, 0.25) is 0 Å². The highest BCUT2D eigenvalue weighted by atomic mass is 16.5. The van der Waals surface area contributed by atoms with E-state index in [4.69, 9.17) is 9.47 Å². The summed E-state index contributed by atoms with van der Waals surface area (Å²) in [6.07, 6.45) is 2.27. The lowest BCUT2D eigenvalue weighted by Gasteiger charge is -2.44. The molecule has 1 unspecified atom stereocenters. The second-order valence-corrected chi connectivity index (χ2v) is 6.69. The minimum Gasteiger partial charge on any atom is -0.497 e. The number of ketones is 1. The molecule has 0 saturated carbocycles. The van der Waals surface area contributed by atoms with Crippen molar-refractivity contribution in [3.8, 4) is 5.75 Å². The predicted octanol–water partition coefficient (Wildman–Crippen LogP) is 4.93. The van der Waals surface area contributed by atoms with E-state index in [0.717, 1.165) is 22.6 Å². The SMILES string of the molecule is C=CCC1(c2ccccc2)C(=O)C(c2ccc(OC)cc2)=C1OC(C)C. The van der Waals surface area contributed by atoms with Crippen molar-refractivity contribution in [2.75, 3.05) is 7.11 Å². The molecule has 0 amide bonds. The fourth-order valence-corrected chi connectivity index (χ4v) is 3.49. The smallest absolute Gasteiger partial charge is 0.185 e. The Morgan fingerprint density at radius 2 is 1.73 bits per heavy atom. The van der Waals surface area contributed by atoms with Gasteiger partial charge in [0.15, 0.2) is 5.78 Å². The van der Waals surface area contributed by atoms with Crippen molar-refractivity contribution < 1.29 is 14.3 Å². The molecule has 0 saturated heterocycles. The van der Waals surface area contributed by atoms with Crippen LogP contribution in [0.25, 0.3) is 5.57 Å². The van der Waals surface area contributed by atoms with E-state index in [2.05, 4.69) is 6.58 Å². The van der Waals surface area contributed by atoms with E-state index in [1.807, 2.05) is 68.4 Å². The Hall–Kier alpha value is -2.81. The molecule has 26 heavy (non-hydrogen) atoms. The lowest BCUT2D eigenvalue weighted by Crippen LogP contribution is -2.48. The minimum atomic E-state index is -0.789. The average molecular weight is 348 g/mol. The zero-order valence-electron chi connectivity index (χ0n) is 15.5. The standard InChI is InChI=1S/C23H24O3/c1-5-15-23(18-9-7-6-8-10-18)21(24)20(22(23)26-16(2)3)17-11-13-19(25-4)14-12-17/h5-14,16H,1,15H2,2-4H3. The summed E-state index contributed by atoms with van der Waals surface area (Å²) in [7, 11) is 1.63. The average Bonchev–Trinajstić information content (AvgIpc) is 2.66. The molecule has 0 bridgehead atoms. The summed E-state index contributed by atoms with van der Waals surface area (Å²) in [6, 6.07) is 17.3. The fraction of sp³-hybridized carbons (Fsp3) is 0.261. The second kappa shape index (κ2) is 7.20. The molecule has 0 aliphatic heterocycles. The van der Waals surface area contributed by atoms with E-state index < -0.39 is 5.41 Å². The molecule has 1 atom stereocenters. The maximum absolute atomic E-state index is 13.4. The fourth-order valence-electron chi connectivity index (χ4n) is 3.49. The first kappa shape index (κ1) is 18.0. The Bertz CT molecular complexity index is 832. The van der Waals surface area contributed by atoms with Crippen LogP contribution in [-0.2, 0) is 14.9 Å². The van der Waals surface area contributed by atoms with Crippen molar-refractivity contribution in [3.05, 3.63) is 84.1 Å². The van der Waals surface area contributed by atoms with Gasteiger partial charge in [-0.2, -0.15) is 0 Å². The first-order valence-corrected chi connectivity index (χ1v) is 8.81. The summed E-state index contributed by atoms with van der Waals surface area (Å²) in [5.41, 5.74) is 1.65. The van der Waals surface area contributed by atoms with Gasteiger partial charge in [-0.15, -0.1) is 6.58 Å². The zero-order chi connectivity index (χ0) is 18.7. The monoisotopic (exact) mass is 348 g/mol. The number of hydrogen-bond acceptors (Lipinski definition) is 3. The summed E-state index contributed by atoms with van der Waals surface area (Å²) in [6.45, 7) is 7.83. The first-order chi connectivity index (χ1) is 12.5. The summed E-state index contributed by atoms with van der Waals surface area (Å²) in [5.74, 6) is 1.56. The molecule has 3 heteroatoms. The predicted molar refractivity (Wildman–Crippen MR) is 104 cm³/mol. The molecular weight excluding hydrogens is 324 g/mol. The summed E-state index contributed by atoms with van der Waals surface area (Å²) in [4.78, 5) is 13.4. The molecule has 1 aliphatic rings. The van der Waals surface area contributed by atoms with Crippen molar-refractivity contribution >= 4 is 11.4 Å². The zero-order valence-corrected chi connectivity index (χ0v) is 15.5. The van der Waals surface area contributed by atoms with Crippen LogP contribution < -0.4 is 4.74 Å². The Morgan fingerprint density at radius 1 is 1.08 bits per heavy atom. The van der Waals surface area contributed by atoms with Crippen LogP contribution in [0, 0.1) is 0 Å². The van der Waals surface area contributed by atoms with Gasteiger partial charge in [0.25, 0.3) is 0 Å². The van der Waals surface area contributed by atoms with Gasteiger partial charge in [-0.25, -0.2) is 0 Å². The Labute approximate surface area is 155 Å². The molecule has 2 aromatic carbocycles. The molecular formula is C23H24O3. The lowest BCUT2D eigenvalue weighted by atomic mass is 9.60. The van der Waals surface area contributed by atoms with Crippen molar-refractivity contribution in [1.29, 1.82) is 0 Å². The highest BCUT2D eigenvalue weighted by molar-refractivity contribution is 6.34. The highest BCUT2D eigenvalue weighted by Gasteiger charge is 2.56. The van der Waals surface area contributed by atoms with Crippen LogP contribution in [0.4, 0.5) is 0 Å². The molecule has 3 rings (SSSR count). The van der Waals surface area contributed by atoms with Gasteiger partial charge in [0, 0.05) is 0 Å². The van der Waals surface area contributed by atoms with E-state index >= 15 is 0 Å². The molecule has 0 fully saturated rings. The van der Waals surface area contributed by atoms with Crippen molar-refractivity contribution in [2.24, 2.45) is 0 Å². The van der Waals surface area contributed by atoms with E-state index in [0.29, 0.717) is 12.0 Å². The van der Waals surface area contributed by atoms with Crippen LogP contribution in [-0.4, -0.2) is 19.0 Å². The number of benzene rings is 2. The number of Topliss-reactive ketones (excluding diaryl/α,β-unsaturated/α-hetero) is 1. The van der Waals surface area contributed by atoms with Gasteiger partial charge in [-0.05, 0) is 43.5 Å². The van der Waals surface area contributed by atoms with E-state index in [-0.39, 0.29) is 11.9 Å². The molecule has 2 aromatic rings. The minimum absolute atomic E-state index is 0.0285. The van der Waals surface area contributed by atoms with Crippen LogP contribution in [0.2, 0.25) is 0 Å². The van der Waals surface area contributed by atoms with Crippen molar-refractivity contribution in [1.82, 2.24) is 0 Å². The summed E-state index contributed by atoms with van der Waals surface area (Å²) < 4.78 is 11.4. The largest absolute Gasteiger partial charge is 0.497 e. The molecule has 134 valence electrons. The van der Waals surface area contributed by atoms with Gasteiger partial charge in [-0.3, -0.25) is 4.79 Å². The highest BCUT2D eigenvalue weighted by Crippen LogP contribution is 2.52. The van der Waals surface area contributed by atoms with Crippen LogP contribution in [0.1, 0.15) is 31.4 Å². The number of carbonyl (C=O) groups excluding carboxylic acids is 1. The molecule has 1 aliphatic carbocycles. The number of rotatable bonds is 7. The summed E-state index contributed by atoms with van der Waals surface area (Å²) in [5, 5.41) is 0. The number of hydrogen-bond donors (Lipinski definition) is 0. The van der Waals surface area contributed by atoms with Crippen LogP contribution in [0.15, 0.2) is 73.0 Å². The summed E-state index contributed by atoms with van der Waals surface area (Å²) >= 11 is 0. The van der Waals surface area contributed by atoms with E-state index in [9.17, 15) is 4.79 Å². The first-order valence-electron chi connectivity index (χ1n) is 8.81. The van der Waals surface area contributed by atoms with Crippen LogP contribution in [0.3, 0.4) is 0 Å². The molecule has 3 nitrogen and oxygen atoms in total. The Balaban J connectivity index is 2.17. The molecule has 0 radical (unpaired) electrons. The maximum Gasteiger partial charge on any atom is 0.185 e. The number of carbonyl (C=O) groups is 1. The van der Waals surface area contributed by atoms with Gasteiger partial charge in [0.05, 0.1) is 18.8 Å². The van der Waals surface area contributed by atoms with Crippen molar-refractivity contribution in [2.45, 2.75) is 31.8 Å². The third kappa shape index (κ3) is 2.84. The molecule has 0 heterocycles. The third-order valence-electron chi connectivity index (χ3n) is 4.68. The Morgan fingerprint density at radius 3 is 2.27 bits per heavy atom. The second-order valence-electron chi connectivity index (χ2n) is 6.69. The number of methoxy groups -OCH3 is 1. The van der Waals surface area contributed by atoms with E-state index in [1.54, 1.807) is 13.2 Å². The van der Waals surface area contributed by atoms with E-state index in [1.165, 1.54) is 0 Å². The molecule has 0 spiro atoms. The van der Waals surface area contributed by atoms with Gasteiger partial charge < -0.3 is 9.47 Å². The van der Waals surface area contributed by atoms with Crippen molar-refractivity contribution in [3.63, 3.8) is 0 Å². The Kier molecular flexibility index (Phi) is 4.99. The van der Waals surface area contributed by atoms with Gasteiger partial charge in [0.1, 0.15) is 16.9 Å². The van der Waals surface area contributed by atoms with Gasteiger partial charge in [-0.1, -0.05) is 48.5 Å².